The number of rotatable bonds is 2. The predicted octanol–water partition coefficient (Wildman–Crippen LogP) is 1.06. The maximum atomic E-state index is 12.0. The molecule has 3 rings (SSSR count). The summed E-state index contributed by atoms with van der Waals surface area (Å²) in [5, 5.41) is 8.94. The van der Waals surface area contributed by atoms with Gasteiger partial charge in [-0.15, -0.1) is 0 Å². The van der Waals surface area contributed by atoms with E-state index in [4.69, 9.17) is 9.84 Å². The zero-order valence-electron chi connectivity index (χ0n) is 9.76. The molecule has 2 aliphatic heterocycles. The van der Waals surface area contributed by atoms with Crippen molar-refractivity contribution in [2.75, 3.05) is 18.1 Å². The number of benzene rings is 1. The van der Waals surface area contributed by atoms with Crippen molar-refractivity contribution in [3.05, 3.63) is 23.8 Å². The molecule has 1 fully saturated rings. The highest BCUT2D eigenvalue weighted by Crippen LogP contribution is 2.32. The molecule has 0 spiro atoms. The molecule has 0 saturated carbocycles. The number of hydrogen-bond donors (Lipinski definition) is 1. The maximum Gasteiger partial charge on any atom is 0.316 e. The number of anilines is 1. The predicted molar refractivity (Wildman–Crippen MR) is 63.7 cm³/mol. The zero-order valence-corrected chi connectivity index (χ0v) is 9.76. The Morgan fingerprint density at radius 3 is 3.00 bits per heavy atom. The lowest BCUT2D eigenvalue weighted by atomic mass is 10.1. The largest absolute Gasteiger partial charge is 0.493 e. The zero-order chi connectivity index (χ0) is 12.7. The first-order valence-corrected chi connectivity index (χ1v) is 5.97. The second-order valence-corrected chi connectivity index (χ2v) is 4.56. The molecule has 1 N–H and O–H groups in total. The van der Waals surface area contributed by atoms with Crippen LogP contribution in [-0.2, 0) is 16.0 Å². The molecule has 1 atom stereocenters. The van der Waals surface area contributed by atoms with E-state index in [9.17, 15) is 9.59 Å². The van der Waals surface area contributed by atoms with Gasteiger partial charge >= 0.3 is 5.97 Å². The van der Waals surface area contributed by atoms with E-state index in [1.54, 1.807) is 4.90 Å². The van der Waals surface area contributed by atoms with E-state index in [1.165, 1.54) is 0 Å². The number of amides is 1. The molecule has 5 heteroatoms. The number of carbonyl (C=O) groups excluding carboxylic acids is 1. The van der Waals surface area contributed by atoms with E-state index < -0.39 is 11.9 Å². The lowest BCUT2D eigenvalue weighted by molar-refractivity contribution is -0.144. The normalized spacial score (nSPS) is 21.9. The average Bonchev–Trinajstić information content (AvgIpc) is 2.93. The fourth-order valence-corrected chi connectivity index (χ4v) is 2.51. The molecular weight excluding hydrogens is 234 g/mol. The smallest absolute Gasteiger partial charge is 0.316 e. The maximum absolute atomic E-state index is 12.0. The molecular formula is C13H13NO4. The van der Waals surface area contributed by atoms with E-state index in [2.05, 4.69) is 0 Å². The van der Waals surface area contributed by atoms with Crippen LogP contribution in [0, 0.1) is 5.92 Å². The molecule has 18 heavy (non-hydrogen) atoms. The average molecular weight is 247 g/mol. The third kappa shape index (κ3) is 1.63. The van der Waals surface area contributed by atoms with Gasteiger partial charge in [-0.1, -0.05) is 0 Å². The van der Waals surface area contributed by atoms with Gasteiger partial charge in [-0.2, -0.15) is 0 Å². The Morgan fingerprint density at radius 1 is 1.44 bits per heavy atom. The molecule has 5 nitrogen and oxygen atoms in total. The number of carboxylic acids is 1. The van der Waals surface area contributed by atoms with Crippen molar-refractivity contribution in [3.8, 4) is 5.75 Å². The van der Waals surface area contributed by atoms with E-state index >= 15 is 0 Å². The minimum atomic E-state index is -1.04. The third-order valence-corrected chi connectivity index (χ3v) is 3.49. The van der Waals surface area contributed by atoms with Gasteiger partial charge in [-0.05, 0) is 30.2 Å². The van der Waals surface area contributed by atoms with E-state index in [0.717, 1.165) is 23.4 Å². The minimum Gasteiger partial charge on any atom is -0.493 e. The standard InChI is InChI=1S/C13H13NO4/c15-12-10(13(16)17)3-5-14(12)9-1-2-11-8(7-9)4-6-18-11/h1-2,7,10H,3-6H2,(H,16,17). The summed E-state index contributed by atoms with van der Waals surface area (Å²) in [4.78, 5) is 24.4. The van der Waals surface area contributed by atoms with Crippen molar-refractivity contribution in [2.24, 2.45) is 5.92 Å². The van der Waals surface area contributed by atoms with Crippen LogP contribution in [0.3, 0.4) is 0 Å². The highest BCUT2D eigenvalue weighted by Gasteiger charge is 2.37. The van der Waals surface area contributed by atoms with Crippen LogP contribution in [0.15, 0.2) is 18.2 Å². The molecule has 0 aromatic heterocycles. The van der Waals surface area contributed by atoms with Crippen molar-refractivity contribution in [1.82, 2.24) is 0 Å². The van der Waals surface area contributed by atoms with Gasteiger partial charge in [-0.3, -0.25) is 9.59 Å². The molecule has 94 valence electrons. The Labute approximate surface area is 104 Å². The highest BCUT2D eigenvalue weighted by atomic mass is 16.5. The first-order chi connectivity index (χ1) is 8.66. The van der Waals surface area contributed by atoms with Crippen LogP contribution in [0.2, 0.25) is 0 Å². The summed E-state index contributed by atoms with van der Waals surface area (Å²) in [5.74, 6) is -1.39. The summed E-state index contributed by atoms with van der Waals surface area (Å²) in [7, 11) is 0. The van der Waals surface area contributed by atoms with E-state index in [1.807, 2.05) is 18.2 Å². The molecule has 1 saturated heterocycles. The molecule has 1 unspecified atom stereocenters. The fourth-order valence-electron chi connectivity index (χ4n) is 2.51. The SMILES string of the molecule is O=C(O)C1CCN(c2ccc3c(c2)CCO3)C1=O. The van der Waals surface area contributed by atoms with Gasteiger partial charge in [0, 0.05) is 18.7 Å². The Hall–Kier alpha value is -2.04. The summed E-state index contributed by atoms with van der Waals surface area (Å²) >= 11 is 0. The molecule has 1 amide bonds. The first kappa shape index (κ1) is 11.1. The number of aliphatic carboxylic acids is 1. The van der Waals surface area contributed by atoms with Gasteiger partial charge in [0.1, 0.15) is 11.7 Å². The van der Waals surface area contributed by atoms with Crippen LogP contribution < -0.4 is 9.64 Å². The quantitative estimate of drug-likeness (QED) is 0.793. The molecule has 2 aliphatic rings. The van der Waals surface area contributed by atoms with Crippen LogP contribution in [0.4, 0.5) is 5.69 Å². The van der Waals surface area contributed by atoms with E-state index in [-0.39, 0.29) is 5.91 Å². The lowest BCUT2D eigenvalue weighted by Crippen LogP contribution is -2.30. The fraction of sp³-hybridized carbons (Fsp3) is 0.385. The summed E-state index contributed by atoms with van der Waals surface area (Å²) < 4.78 is 5.40. The van der Waals surface area contributed by atoms with Gasteiger partial charge < -0.3 is 14.7 Å². The summed E-state index contributed by atoms with van der Waals surface area (Å²) in [5.41, 5.74) is 1.85. The van der Waals surface area contributed by atoms with Crippen molar-refractivity contribution in [2.45, 2.75) is 12.8 Å². The van der Waals surface area contributed by atoms with Gasteiger partial charge in [-0.25, -0.2) is 0 Å². The van der Waals surface area contributed by atoms with Crippen molar-refractivity contribution in [3.63, 3.8) is 0 Å². The van der Waals surface area contributed by atoms with Crippen molar-refractivity contribution in [1.29, 1.82) is 0 Å². The molecule has 1 aromatic rings. The van der Waals surface area contributed by atoms with E-state index in [0.29, 0.717) is 19.6 Å². The first-order valence-electron chi connectivity index (χ1n) is 5.97. The van der Waals surface area contributed by atoms with Gasteiger partial charge in [0.15, 0.2) is 0 Å². The third-order valence-electron chi connectivity index (χ3n) is 3.49. The lowest BCUT2D eigenvalue weighted by Gasteiger charge is -2.16. The molecule has 0 bridgehead atoms. The van der Waals surface area contributed by atoms with Gasteiger partial charge in [0.05, 0.1) is 6.61 Å². The molecule has 0 aliphatic carbocycles. The Kier molecular flexibility index (Phi) is 2.47. The number of carboxylic acid groups (broad SMARTS) is 1. The molecule has 1 aromatic carbocycles. The van der Waals surface area contributed by atoms with Crippen LogP contribution in [-0.4, -0.2) is 30.1 Å². The van der Waals surface area contributed by atoms with Gasteiger partial charge in [0.25, 0.3) is 0 Å². The number of ether oxygens (including phenoxy) is 1. The molecule has 0 radical (unpaired) electrons. The van der Waals surface area contributed by atoms with Crippen molar-refractivity contribution < 1.29 is 19.4 Å². The number of carbonyl (C=O) groups is 2. The highest BCUT2D eigenvalue weighted by molar-refractivity contribution is 6.07. The molecule has 2 heterocycles. The van der Waals surface area contributed by atoms with Gasteiger partial charge in [0.2, 0.25) is 5.91 Å². The summed E-state index contributed by atoms with van der Waals surface area (Å²) in [6.07, 6.45) is 1.22. The minimum absolute atomic E-state index is 0.318. The second-order valence-electron chi connectivity index (χ2n) is 4.56. The van der Waals surface area contributed by atoms with Crippen LogP contribution in [0.5, 0.6) is 5.75 Å². The number of hydrogen-bond acceptors (Lipinski definition) is 3. The Balaban J connectivity index is 1.88. The number of fused-ring (bicyclic) bond motifs is 1. The Bertz CT molecular complexity index is 526. The Morgan fingerprint density at radius 2 is 2.28 bits per heavy atom. The monoisotopic (exact) mass is 247 g/mol. The van der Waals surface area contributed by atoms with Crippen LogP contribution >= 0.6 is 0 Å². The summed E-state index contributed by atoms with van der Waals surface area (Å²) in [6, 6.07) is 5.58. The second kappa shape index (κ2) is 4.01. The topological polar surface area (TPSA) is 66.8 Å². The summed E-state index contributed by atoms with van der Waals surface area (Å²) in [6.45, 7) is 1.14. The number of nitrogens with zero attached hydrogens (tertiary/aromatic N) is 1. The van der Waals surface area contributed by atoms with Crippen LogP contribution in [0.1, 0.15) is 12.0 Å². The van der Waals surface area contributed by atoms with Crippen molar-refractivity contribution >= 4 is 17.6 Å². The van der Waals surface area contributed by atoms with Crippen LogP contribution in [0.25, 0.3) is 0 Å².